The lowest BCUT2D eigenvalue weighted by Crippen LogP contribution is -2.14. The number of aromatic amines is 1. The number of hydrogen-bond donors (Lipinski definition) is 2. The number of hydrogen-bond acceptors (Lipinski definition) is 3. The van der Waals surface area contributed by atoms with Crippen molar-refractivity contribution >= 4 is 11.2 Å². The van der Waals surface area contributed by atoms with Crippen LogP contribution in [0.15, 0.2) is 42.7 Å². The van der Waals surface area contributed by atoms with Crippen LogP contribution in [0.3, 0.4) is 0 Å². The number of rotatable bonds is 2. The molecule has 2 N–H and O–H groups in total. The van der Waals surface area contributed by atoms with Crippen LogP contribution >= 0.6 is 0 Å². The highest BCUT2D eigenvalue weighted by atomic mass is 16.3. The topological polar surface area (TPSA) is 61.8 Å². The molecular weight excluding hydrogens is 238 g/mol. The molecule has 0 atom stereocenters. The molecule has 4 nitrogen and oxygen atoms in total. The largest absolute Gasteiger partial charge is 0.386 e. The van der Waals surface area contributed by atoms with Gasteiger partial charge in [-0.1, -0.05) is 24.3 Å². The number of aliphatic hydroxyl groups is 1. The Hall–Kier alpha value is -2.20. The molecule has 3 aromatic rings. The van der Waals surface area contributed by atoms with Crippen molar-refractivity contribution in [2.45, 2.75) is 19.4 Å². The lowest BCUT2D eigenvalue weighted by Gasteiger charge is -2.17. The van der Waals surface area contributed by atoms with Crippen LogP contribution < -0.4 is 0 Å². The summed E-state index contributed by atoms with van der Waals surface area (Å²) in [5.41, 5.74) is 3.73. The van der Waals surface area contributed by atoms with Crippen molar-refractivity contribution in [1.82, 2.24) is 15.0 Å². The fraction of sp³-hybridized carbons (Fsp3) is 0.200. The molecule has 0 bridgehead atoms. The van der Waals surface area contributed by atoms with Gasteiger partial charge in [-0.25, -0.2) is 4.98 Å². The number of benzene rings is 1. The summed E-state index contributed by atoms with van der Waals surface area (Å²) in [7, 11) is 0. The highest BCUT2D eigenvalue weighted by Gasteiger charge is 2.15. The van der Waals surface area contributed by atoms with Gasteiger partial charge in [0, 0.05) is 18.1 Å². The van der Waals surface area contributed by atoms with Crippen molar-refractivity contribution < 1.29 is 5.11 Å². The van der Waals surface area contributed by atoms with Crippen LogP contribution in [-0.4, -0.2) is 20.1 Å². The summed E-state index contributed by atoms with van der Waals surface area (Å²) in [5, 5.41) is 9.94. The summed E-state index contributed by atoms with van der Waals surface area (Å²) in [4.78, 5) is 11.7. The Kier molecular flexibility index (Phi) is 2.61. The average molecular weight is 253 g/mol. The molecule has 3 rings (SSSR count). The Bertz CT molecular complexity index is 675. The van der Waals surface area contributed by atoms with Crippen LogP contribution in [0.1, 0.15) is 19.4 Å². The molecule has 0 radical (unpaired) electrons. The van der Waals surface area contributed by atoms with Gasteiger partial charge in [0.05, 0.1) is 5.60 Å². The third-order valence-corrected chi connectivity index (χ3v) is 3.16. The normalized spacial score (nSPS) is 11.9. The number of H-pyrrole nitrogens is 1. The van der Waals surface area contributed by atoms with Crippen molar-refractivity contribution in [2.24, 2.45) is 0 Å². The summed E-state index contributed by atoms with van der Waals surface area (Å²) in [6, 6.07) is 9.81. The Labute approximate surface area is 111 Å². The molecule has 0 amide bonds. The first-order valence-corrected chi connectivity index (χ1v) is 6.17. The van der Waals surface area contributed by atoms with Gasteiger partial charge in [0.15, 0.2) is 5.65 Å². The van der Waals surface area contributed by atoms with E-state index in [4.69, 9.17) is 0 Å². The van der Waals surface area contributed by atoms with E-state index in [0.29, 0.717) is 0 Å². The maximum Gasteiger partial charge on any atom is 0.156 e. The van der Waals surface area contributed by atoms with Gasteiger partial charge in [-0.3, -0.25) is 4.98 Å². The molecule has 4 heteroatoms. The maximum absolute atomic E-state index is 9.94. The number of aromatic nitrogens is 3. The first-order valence-electron chi connectivity index (χ1n) is 6.17. The van der Waals surface area contributed by atoms with Crippen molar-refractivity contribution in [3.8, 4) is 11.3 Å². The van der Waals surface area contributed by atoms with Crippen LogP contribution in [0.25, 0.3) is 22.4 Å². The molecule has 0 spiro atoms. The lowest BCUT2D eigenvalue weighted by atomic mass is 9.97. The van der Waals surface area contributed by atoms with Gasteiger partial charge in [-0.2, -0.15) is 0 Å². The predicted octanol–water partition coefficient (Wildman–Crippen LogP) is 2.85. The predicted molar refractivity (Wildman–Crippen MR) is 74.6 cm³/mol. The standard InChI is InChI=1S/C15H15N3O/c1-15(2,19)11-5-3-10(4-6-11)12-9-13-14(18-12)17-8-7-16-13/h3-9,19H,1-2H3,(H,17,18). The van der Waals surface area contributed by atoms with Gasteiger partial charge in [0.1, 0.15) is 5.52 Å². The zero-order chi connectivity index (χ0) is 13.5. The smallest absolute Gasteiger partial charge is 0.156 e. The zero-order valence-electron chi connectivity index (χ0n) is 10.9. The minimum atomic E-state index is -0.817. The van der Waals surface area contributed by atoms with E-state index in [-0.39, 0.29) is 0 Å². The molecule has 0 saturated carbocycles. The van der Waals surface area contributed by atoms with Crippen molar-refractivity contribution in [2.75, 3.05) is 0 Å². The highest BCUT2D eigenvalue weighted by molar-refractivity contribution is 5.79. The van der Waals surface area contributed by atoms with Gasteiger partial charge in [-0.05, 0) is 31.0 Å². The Morgan fingerprint density at radius 3 is 2.37 bits per heavy atom. The van der Waals surface area contributed by atoms with E-state index < -0.39 is 5.60 Å². The Balaban J connectivity index is 2.02. The minimum absolute atomic E-state index is 0.782. The molecule has 0 unspecified atom stereocenters. The van der Waals surface area contributed by atoms with Crippen LogP contribution in [0, 0.1) is 0 Å². The number of nitrogens with zero attached hydrogens (tertiary/aromatic N) is 2. The fourth-order valence-electron chi connectivity index (χ4n) is 2.06. The second kappa shape index (κ2) is 4.17. The zero-order valence-corrected chi connectivity index (χ0v) is 10.9. The molecule has 0 aliphatic rings. The quantitative estimate of drug-likeness (QED) is 0.738. The second-order valence-corrected chi connectivity index (χ2v) is 5.11. The average Bonchev–Trinajstić information content (AvgIpc) is 2.81. The lowest BCUT2D eigenvalue weighted by molar-refractivity contribution is 0.0786. The van der Waals surface area contributed by atoms with Gasteiger partial charge in [-0.15, -0.1) is 0 Å². The van der Waals surface area contributed by atoms with E-state index in [1.807, 2.05) is 30.3 Å². The van der Waals surface area contributed by atoms with E-state index in [1.165, 1.54) is 0 Å². The Morgan fingerprint density at radius 2 is 1.74 bits per heavy atom. The fourth-order valence-corrected chi connectivity index (χ4v) is 2.06. The first kappa shape index (κ1) is 11.9. The van der Waals surface area contributed by atoms with E-state index >= 15 is 0 Å². The maximum atomic E-state index is 9.94. The summed E-state index contributed by atoms with van der Waals surface area (Å²) in [6.45, 7) is 3.55. The number of fused-ring (bicyclic) bond motifs is 1. The third-order valence-electron chi connectivity index (χ3n) is 3.16. The van der Waals surface area contributed by atoms with Gasteiger partial charge in [0.25, 0.3) is 0 Å². The third kappa shape index (κ3) is 2.22. The molecule has 96 valence electrons. The molecule has 2 aromatic heterocycles. The molecule has 0 saturated heterocycles. The monoisotopic (exact) mass is 253 g/mol. The van der Waals surface area contributed by atoms with E-state index in [1.54, 1.807) is 26.2 Å². The first-order chi connectivity index (χ1) is 9.04. The summed E-state index contributed by atoms with van der Waals surface area (Å²) < 4.78 is 0. The van der Waals surface area contributed by atoms with Crippen molar-refractivity contribution in [1.29, 1.82) is 0 Å². The second-order valence-electron chi connectivity index (χ2n) is 5.11. The molecule has 0 aliphatic carbocycles. The SMILES string of the molecule is CC(C)(O)c1ccc(-c2cc3nccnc3[nH]2)cc1. The van der Waals surface area contributed by atoms with Gasteiger partial charge >= 0.3 is 0 Å². The molecule has 2 heterocycles. The van der Waals surface area contributed by atoms with Crippen molar-refractivity contribution in [3.63, 3.8) is 0 Å². The molecule has 0 aliphatic heterocycles. The molecule has 1 aromatic carbocycles. The van der Waals surface area contributed by atoms with Crippen molar-refractivity contribution in [3.05, 3.63) is 48.3 Å². The van der Waals surface area contributed by atoms with Crippen LogP contribution in [-0.2, 0) is 5.60 Å². The molecule has 19 heavy (non-hydrogen) atoms. The van der Waals surface area contributed by atoms with Crippen LogP contribution in [0.4, 0.5) is 0 Å². The van der Waals surface area contributed by atoms with E-state index in [9.17, 15) is 5.11 Å². The van der Waals surface area contributed by atoms with Crippen LogP contribution in [0.5, 0.6) is 0 Å². The van der Waals surface area contributed by atoms with Gasteiger partial charge in [0.2, 0.25) is 0 Å². The summed E-state index contributed by atoms with van der Waals surface area (Å²) >= 11 is 0. The molecule has 0 fully saturated rings. The summed E-state index contributed by atoms with van der Waals surface area (Å²) in [6.07, 6.45) is 3.34. The van der Waals surface area contributed by atoms with Gasteiger partial charge < -0.3 is 10.1 Å². The van der Waals surface area contributed by atoms with Crippen LogP contribution in [0.2, 0.25) is 0 Å². The highest BCUT2D eigenvalue weighted by Crippen LogP contribution is 2.25. The Morgan fingerprint density at radius 1 is 1.05 bits per heavy atom. The van der Waals surface area contributed by atoms with E-state index in [0.717, 1.165) is 28.0 Å². The summed E-state index contributed by atoms with van der Waals surface area (Å²) in [5.74, 6) is 0. The van der Waals surface area contributed by atoms with E-state index in [2.05, 4.69) is 15.0 Å². The number of nitrogens with one attached hydrogen (secondary N) is 1. The minimum Gasteiger partial charge on any atom is -0.386 e. The molecular formula is C15H15N3O.